The van der Waals surface area contributed by atoms with Gasteiger partial charge in [0.25, 0.3) is 0 Å². The fourth-order valence-electron chi connectivity index (χ4n) is 2.73. The maximum Gasteiger partial charge on any atom is 0.490 e. The highest BCUT2D eigenvalue weighted by Crippen LogP contribution is 2.37. The molecule has 2 heterocycles. The number of carbonyl (C=O) groups is 3. The van der Waals surface area contributed by atoms with Crippen LogP contribution in [-0.2, 0) is 20.6 Å². The number of nitrogens with zero attached hydrogens (tertiary/aromatic N) is 2. The Kier molecular flexibility index (Phi) is 8.94. The van der Waals surface area contributed by atoms with Gasteiger partial charge in [-0.15, -0.1) is 10.2 Å². The van der Waals surface area contributed by atoms with E-state index < -0.39 is 29.2 Å². The molecule has 0 unspecified atom stereocenters. The number of Topliss-reactive ketones (excluding diaryl/α,β-unsaturated/α-hetero) is 1. The SMILES string of the molecule is O=C(/C=C/[C@@H](CC(=O)[C@@H]1CCN1)CC1CC1)Nc1nnc(C(F)(F)F)s1.O=C(O)C(F)(F)F. The number of carboxylic acids is 1. The number of allylic oxidation sites excluding steroid dienone is 1. The second-order valence-corrected chi connectivity index (χ2v) is 8.44. The zero-order chi connectivity index (χ0) is 24.8. The molecule has 0 radical (unpaired) electrons. The number of alkyl halides is 6. The number of aliphatic carboxylic acids is 1. The van der Waals surface area contributed by atoms with Crippen molar-refractivity contribution in [2.75, 3.05) is 11.9 Å². The molecule has 184 valence electrons. The number of hydrogen-bond donors (Lipinski definition) is 3. The highest BCUT2D eigenvalue weighted by Gasteiger charge is 2.38. The Morgan fingerprint density at radius 3 is 2.18 bits per heavy atom. The van der Waals surface area contributed by atoms with Crippen LogP contribution in [0.2, 0.25) is 0 Å². The van der Waals surface area contributed by atoms with Gasteiger partial charge in [-0.2, -0.15) is 26.3 Å². The van der Waals surface area contributed by atoms with E-state index in [9.17, 15) is 35.9 Å². The number of carboxylic acid groups (broad SMARTS) is 1. The van der Waals surface area contributed by atoms with Gasteiger partial charge in [-0.1, -0.05) is 30.3 Å². The van der Waals surface area contributed by atoms with Crippen LogP contribution >= 0.6 is 11.3 Å². The minimum Gasteiger partial charge on any atom is -0.475 e. The van der Waals surface area contributed by atoms with E-state index >= 15 is 0 Å². The van der Waals surface area contributed by atoms with E-state index in [4.69, 9.17) is 9.90 Å². The van der Waals surface area contributed by atoms with E-state index in [0.29, 0.717) is 12.3 Å². The Hall–Kier alpha value is -2.55. The fourth-order valence-corrected chi connectivity index (χ4v) is 3.35. The standard InChI is InChI=1S/C16H19F3N4O2S.C2HF3O2/c17-16(18,19)14-22-23-15(26-14)21-13(25)4-3-10(7-9-1-2-9)8-12(24)11-5-6-20-11;3-2(4,5)1(6)7/h3-4,9-11,20H,1-2,5-8H2,(H,21,23,25);(H,6,7)/b4-3+;/t10-,11+;/m1./s1. The Morgan fingerprint density at radius 2 is 1.76 bits per heavy atom. The van der Waals surface area contributed by atoms with Crippen LogP contribution < -0.4 is 10.6 Å². The van der Waals surface area contributed by atoms with Crippen molar-refractivity contribution >= 4 is 34.1 Å². The third kappa shape index (κ3) is 9.45. The number of rotatable bonds is 8. The minimum absolute atomic E-state index is 0.0386. The molecule has 2 atom stereocenters. The number of anilines is 1. The third-order valence-electron chi connectivity index (χ3n) is 4.67. The first-order chi connectivity index (χ1) is 15.3. The molecule has 1 aliphatic carbocycles. The summed E-state index contributed by atoms with van der Waals surface area (Å²) in [6.07, 6.45) is -2.39. The smallest absolute Gasteiger partial charge is 0.475 e. The second kappa shape index (κ2) is 11.0. The van der Waals surface area contributed by atoms with E-state index in [1.54, 1.807) is 6.08 Å². The average molecular weight is 502 g/mol. The van der Waals surface area contributed by atoms with Crippen molar-refractivity contribution in [3.8, 4) is 0 Å². The van der Waals surface area contributed by atoms with Crippen molar-refractivity contribution in [1.29, 1.82) is 0 Å². The van der Waals surface area contributed by atoms with Gasteiger partial charge in [-0.25, -0.2) is 4.79 Å². The lowest BCUT2D eigenvalue weighted by Gasteiger charge is -2.27. The molecule has 2 aliphatic rings. The van der Waals surface area contributed by atoms with E-state index in [-0.39, 0.29) is 34.2 Å². The summed E-state index contributed by atoms with van der Waals surface area (Å²) in [6.45, 7) is 0.851. The molecule has 3 N–H and O–H groups in total. The van der Waals surface area contributed by atoms with Crippen LogP contribution in [0, 0.1) is 11.8 Å². The molecule has 1 aromatic heterocycles. The molecule has 15 heteroatoms. The first-order valence-electron chi connectivity index (χ1n) is 9.71. The Labute approximate surface area is 187 Å². The topological polar surface area (TPSA) is 121 Å². The molecule has 1 aromatic rings. The average Bonchev–Trinajstić information content (AvgIpc) is 3.31. The quantitative estimate of drug-likeness (QED) is 0.368. The number of amides is 1. The third-order valence-corrected chi connectivity index (χ3v) is 5.55. The second-order valence-electron chi connectivity index (χ2n) is 7.47. The fraction of sp³-hybridized carbons (Fsp3) is 0.611. The van der Waals surface area contributed by atoms with Crippen LogP contribution in [0.3, 0.4) is 0 Å². The lowest BCUT2D eigenvalue weighted by molar-refractivity contribution is -0.192. The van der Waals surface area contributed by atoms with E-state index in [2.05, 4.69) is 20.8 Å². The maximum absolute atomic E-state index is 12.5. The first-order valence-corrected chi connectivity index (χ1v) is 10.5. The van der Waals surface area contributed by atoms with E-state index in [0.717, 1.165) is 32.2 Å². The number of aromatic nitrogens is 2. The van der Waals surface area contributed by atoms with Gasteiger partial charge in [0, 0.05) is 6.42 Å². The van der Waals surface area contributed by atoms with Crippen LogP contribution in [0.1, 0.15) is 37.1 Å². The van der Waals surface area contributed by atoms with Gasteiger partial charge in [0.15, 0.2) is 0 Å². The largest absolute Gasteiger partial charge is 0.490 e. The van der Waals surface area contributed by atoms with Crippen molar-refractivity contribution in [1.82, 2.24) is 15.5 Å². The van der Waals surface area contributed by atoms with Crippen molar-refractivity contribution < 1.29 is 45.8 Å². The predicted molar refractivity (Wildman–Crippen MR) is 103 cm³/mol. The molecule has 1 saturated heterocycles. The molecular weight excluding hydrogens is 482 g/mol. The number of ketones is 1. The molecule has 33 heavy (non-hydrogen) atoms. The first kappa shape index (κ1) is 26.7. The zero-order valence-corrected chi connectivity index (χ0v) is 17.7. The van der Waals surface area contributed by atoms with Crippen molar-refractivity contribution in [3.63, 3.8) is 0 Å². The number of carbonyl (C=O) groups excluding carboxylic acids is 2. The molecule has 1 aliphatic heterocycles. The summed E-state index contributed by atoms with van der Waals surface area (Å²) in [7, 11) is 0. The molecular formula is C18H20F6N4O4S. The van der Waals surface area contributed by atoms with Gasteiger partial charge in [0.2, 0.25) is 16.0 Å². The summed E-state index contributed by atoms with van der Waals surface area (Å²) in [6, 6.07) is -0.0823. The van der Waals surface area contributed by atoms with Gasteiger partial charge in [0.05, 0.1) is 6.04 Å². The van der Waals surface area contributed by atoms with Crippen LogP contribution in [-0.4, -0.2) is 51.7 Å². The molecule has 1 saturated carbocycles. The van der Waals surface area contributed by atoms with Crippen molar-refractivity contribution in [3.05, 3.63) is 17.2 Å². The zero-order valence-electron chi connectivity index (χ0n) is 16.9. The maximum atomic E-state index is 12.5. The van der Waals surface area contributed by atoms with Crippen LogP contribution in [0.25, 0.3) is 0 Å². The molecule has 0 spiro atoms. The molecule has 8 nitrogen and oxygen atoms in total. The summed E-state index contributed by atoms with van der Waals surface area (Å²) < 4.78 is 69.2. The van der Waals surface area contributed by atoms with Crippen LogP contribution in [0.5, 0.6) is 0 Å². The van der Waals surface area contributed by atoms with Gasteiger partial charge >= 0.3 is 18.3 Å². The summed E-state index contributed by atoms with van der Waals surface area (Å²) in [5.41, 5.74) is 0. The number of halogens is 6. The molecule has 0 bridgehead atoms. The number of hydrogen-bond acceptors (Lipinski definition) is 7. The summed E-state index contributed by atoms with van der Waals surface area (Å²) >= 11 is 0.273. The van der Waals surface area contributed by atoms with Crippen LogP contribution in [0.4, 0.5) is 31.5 Å². The Morgan fingerprint density at radius 1 is 1.15 bits per heavy atom. The summed E-state index contributed by atoms with van der Waals surface area (Å²) in [5, 5.41) is 17.5. The van der Waals surface area contributed by atoms with E-state index in [1.807, 2.05) is 0 Å². The molecule has 2 fully saturated rings. The van der Waals surface area contributed by atoms with Gasteiger partial charge in [-0.3, -0.25) is 14.9 Å². The monoisotopic (exact) mass is 502 g/mol. The normalized spacial score (nSPS) is 19.3. The summed E-state index contributed by atoms with van der Waals surface area (Å²) in [5.74, 6) is -2.64. The van der Waals surface area contributed by atoms with Gasteiger partial charge in [-0.05, 0) is 37.3 Å². The lowest BCUT2D eigenvalue weighted by Crippen LogP contribution is -2.48. The van der Waals surface area contributed by atoms with E-state index in [1.165, 1.54) is 6.08 Å². The Balaban J connectivity index is 0.000000479. The lowest BCUT2D eigenvalue weighted by atomic mass is 9.90. The summed E-state index contributed by atoms with van der Waals surface area (Å²) in [4.78, 5) is 33.0. The molecule has 1 amide bonds. The molecule has 3 rings (SSSR count). The molecule has 0 aromatic carbocycles. The van der Waals surface area contributed by atoms with Gasteiger partial charge in [0.1, 0.15) is 5.78 Å². The Bertz CT molecular complexity index is 878. The number of nitrogens with one attached hydrogen (secondary N) is 2. The minimum atomic E-state index is -5.08. The highest BCUT2D eigenvalue weighted by molar-refractivity contribution is 7.15. The highest BCUT2D eigenvalue weighted by atomic mass is 32.1. The van der Waals surface area contributed by atoms with Gasteiger partial charge < -0.3 is 10.4 Å². The predicted octanol–water partition coefficient (Wildman–Crippen LogP) is 3.42. The van der Waals surface area contributed by atoms with Crippen LogP contribution in [0.15, 0.2) is 12.2 Å². The van der Waals surface area contributed by atoms with Crippen molar-refractivity contribution in [2.24, 2.45) is 11.8 Å². The van der Waals surface area contributed by atoms with Crippen molar-refractivity contribution in [2.45, 2.75) is 50.5 Å².